The summed E-state index contributed by atoms with van der Waals surface area (Å²) in [6.07, 6.45) is 0.320. The molecule has 1 aliphatic rings. The number of aliphatic carboxylic acids is 1. The van der Waals surface area contributed by atoms with Crippen LogP contribution in [-0.2, 0) is 29.1 Å². The third-order valence-corrected chi connectivity index (χ3v) is 6.24. The van der Waals surface area contributed by atoms with E-state index in [0.29, 0.717) is 17.7 Å². The number of hydrogen-bond donors (Lipinski definition) is 1. The van der Waals surface area contributed by atoms with Gasteiger partial charge in [0.15, 0.2) is 0 Å². The Morgan fingerprint density at radius 1 is 1.00 bits per heavy atom. The number of carboxylic acid groups (broad SMARTS) is 1. The second-order valence-corrected chi connectivity index (χ2v) is 8.73. The largest absolute Gasteiger partial charge is 0.497 e. The number of amides is 2. The first-order valence-corrected chi connectivity index (χ1v) is 11.4. The molecule has 2 amide bonds. The van der Waals surface area contributed by atoms with Gasteiger partial charge in [-0.05, 0) is 47.9 Å². The van der Waals surface area contributed by atoms with Crippen LogP contribution in [0.25, 0.3) is 0 Å². The van der Waals surface area contributed by atoms with Crippen LogP contribution in [0.15, 0.2) is 72.8 Å². The van der Waals surface area contributed by atoms with Gasteiger partial charge in [-0.3, -0.25) is 14.4 Å². The lowest BCUT2D eigenvalue weighted by atomic mass is 9.92. The first-order chi connectivity index (χ1) is 16.9. The van der Waals surface area contributed by atoms with Crippen molar-refractivity contribution in [2.75, 3.05) is 13.7 Å². The first kappa shape index (κ1) is 24.0. The maximum Gasteiger partial charge on any atom is 0.323 e. The monoisotopic (exact) mass is 472 g/mol. The second kappa shape index (κ2) is 10.4. The minimum atomic E-state index is -1.12. The number of carbonyl (C=O) groups is 3. The van der Waals surface area contributed by atoms with E-state index in [2.05, 4.69) is 0 Å². The van der Waals surface area contributed by atoms with Gasteiger partial charge in [-0.25, -0.2) is 0 Å². The molecule has 0 aromatic heterocycles. The molecular weight excluding hydrogens is 444 g/mol. The average molecular weight is 473 g/mol. The van der Waals surface area contributed by atoms with Crippen LogP contribution in [0.5, 0.6) is 5.75 Å². The maximum absolute atomic E-state index is 13.8. The number of aryl methyl sites for hydroxylation is 1. The number of benzene rings is 3. The fraction of sp³-hybridized carbons (Fsp3) is 0.250. The Morgan fingerprint density at radius 2 is 1.71 bits per heavy atom. The molecule has 180 valence electrons. The van der Waals surface area contributed by atoms with E-state index in [4.69, 9.17) is 4.74 Å². The zero-order valence-corrected chi connectivity index (χ0v) is 19.8. The summed E-state index contributed by atoms with van der Waals surface area (Å²) in [6, 6.07) is 21.3. The number of carbonyl (C=O) groups excluding carboxylic acids is 2. The van der Waals surface area contributed by atoms with E-state index >= 15 is 0 Å². The SMILES string of the molecule is COc1cccc(CN(CC(=O)O)C(=O)C2Cc3ccccc3CN2C(=O)c2ccc(C)cc2)c1. The smallest absolute Gasteiger partial charge is 0.323 e. The van der Waals surface area contributed by atoms with Gasteiger partial charge in [0.2, 0.25) is 5.91 Å². The molecule has 0 saturated heterocycles. The number of ether oxygens (including phenoxy) is 1. The lowest BCUT2D eigenvalue weighted by Crippen LogP contribution is -2.54. The average Bonchev–Trinajstić information content (AvgIpc) is 2.87. The van der Waals surface area contributed by atoms with E-state index in [-0.39, 0.29) is 19.0 Å². The summed E-state index contributed by atoms with van der Waals surface area (Å²) in [5, 5.41) is 9.55. The molecule has 7 nitrogen and oxygen atoms in total. The van der Waals surface area contributed by atoms with Gasteiger partial charge in [-0.2, -0.15) is 0 Å². The van der Waals surface area contributed by atoms with Crippen molar-refractivity contribution in [1.82, 2.24) is 9.80 Å². The van der Waals surface area contributed by atoms with E-state index < -0.39 is 24.5 Å². The normalized spacial score (nSPS) is 14.7. The van der Waals surface area contributed by atoms with E-state index in [1.54, 1.807) is 42.3 Å². The van der Waals surface area contributed by atoms with E-state index in [1.807, 2.05) is 49.4 Å². The van der Waals surface area contributed by atoms with Crippen molar-refractivity contribution in [2.24, 2.45) is 0 Å². The molecule has 1 unspecified atom stereocenters. The van der Waals surface area contributed by atoms with Crippen molar-refractivity contribution >= 4 is 17.8 Å². The Balaban J connectivity index is 1.68. The van der Waals surface area contributed by atoms with Crippen LogP contribution in [0, 0.1) is 6.92 Å². The number of methoxy groups -OCH3 is 1. The van der Waals surface area contributed by atoms with Crippen molar-refractivity contribution < 1.29 is 24.2 Å². The van der Waals surface area contributed by atoms with Crippen LogP contribution in [0.3, 0.4) is 0 Å². The van der Waals surface area contributed by atoms with Crippen LogP contribution >= 0.6 is 0 Å². The van der Waals surface area contributed by atoms with Gasteiger partial charge in [-0.15, -0.1) is 0 Å². The number of carboxylic acids is 1. The summed E-state index contributed by atoms with van der Waals surface area (Å²) in [7, 11) is 1.55. The lowest BCUT2D eigenvalue weighted by molar-refractivity contribution is -0.147. The highest BCUT2D eigenvalue weighted by atomic mass is 16.5. The molecule has 1 atom stereocenters. The predicted octanol–water partition coefficient (Wildman–Crippen LogP) is 3.68. The summed E-state index contributed by atoms with van der Waals surface area (Å²) in [5.41, 5.74) is 4.23. The zero-order valence-electron chi connectivity index (χ0n) is 19.8. The molecule has 1 heterocycles. The Morgan fingerprint density at radius 3 is 2.40 bits per heavy atom. The summed E-state index contributed by atoms with van der Waals surface area (Å²) in [5.74, 6) is -1.15. The standard InChI is InChI=1S/C28H28N2O5/c1-19-10-12-21(13-11-19)27(33)30-17-23-8-4-3-7-22(23)15-25(30)28(34)29(18-26(31)32)16-20-6-5-9-24(14-20)35-2/h3-14,25H,15-18H2,1-2H3,(H,31,32). The summed E-state index contributed by atoms with van der Waals surface area (Å²) in [4.78, 5) is 41.9. The maximum atomic E-state index is 13.8. The van der Waals surface area contributed by atoms with Gasteiger partial charge in [-0.1, -0.05) is 54.1 Å². The van der Waals surface area contributed by atoms with Gasteiger partial charge in [0, 0.05) is 25.1 Å². The number of rotatable bonds is 7. The first-order valence-electron chi connectivity index (χ1n) is 11.4. The van der Waals surface area contributed by atoms with Gasteiger partial charge >= 0.3 is 5.97 Å². The van der Waals surface area contributed by atoms with Gasteiger partial charge in [0.1, 0.15) is 18.3 Å². The van der Waals surface area contributed by atoms with Gasteiger partial charge in [0.05, 0.1) is 7.11 Å². The van der Waals surface area contributed by atoms with Crippen molar-refractivity contribution in [3.05, 3.63) is 101 Å². The molecule has 0 aliphatic carbocycles. The number of fused-ring (bicyclic) bond motifs is 1. The molecule has 3 aromatic rings. The molecule has 0 fully saturated rings. The predicted molar refractivity (Wildman–Crippen MR) is 131 cm³/mol. The molecule has 3 aromatic carbocycles. The van der Waals surface area contributed by atoms with Crippen LogP contribution in [0.1, 0.15) is 32.6 Å². The van der Waals surface area contributed by atoms with Crippen molar-refractivity contribution in [3.8, 4) is 5.75 Å². The molecule has 0 saturated carbocycles. The van der Waals surface area contributed by atoms with Gasteiger partial charge < -0.3 is 19.6 Å². The molecule has 0 spiro atoms. The van der Waals surface area contributed by atoms with Crippen molar-refractivity contribution in [3.63, 3.8) is 0 Å². The Kier molecular flexibility index (Phi) is 7.15. The zero-order chi connectivity index (χ0) is 24.9. The minimum absolute atomic E-state index is 0.0903. The molecule has 35 heavy (non-hydrogen) atoms. The number of hydrogen-bond acceptors (Lipinski definition) is 4. The van der Waals surface area contributed by atoms with Gasteiger partial charge in [0.25, 0.3) is 5.91 Å². The van der Waals surface area contributed by atoms with Crippen LogP contribution in [0.4, 0.5) is 0 Å². The molecule has 1 N–H and O–H groups in total. The highest BCUT2D eigenvalue weighted by Gasteiger charge is 2.37. The second-order valence-electron chi connectivity index (χ2n) is 8.73. The summed E-state index contributed by atoms with van der Waals surface area (Å²) < 4.78 is 5.27. The van der Waals surface area contributed by atoms with E-state index in [0.717, 1.165) is 22.3 Å². The van der Waals surface area contributed by atoms with Crippen LogP contribution in [0.2, 0.25) is 0 Å². The lowest BCUT2D eigenvalue weighted by Gasteiger charge is -2.38. The summed E-state index contributed by atoms with van der Waals surface area (Å²) in [6.45, 7) is 1.84. The fourth-order valence-electron chi connectivity index (χ4n) is 4.40. The minimum Gasteiger partial charge on any atom is -0.497 e. The quantitative estimate of drug-likeness (QED) is 0.567. The third kappa shape index (κ3) is 5.51. The Labute approximate surface area is 204 Å². The topological polar surface area (TPSA) is 87.2 Å². The molecule has 7 heteroatoms. The van der Waals surface area contributed by atoms with E-state index in [1.165, 1.54) is 4.90 Å². The summed E-state index contributed by atoms with van der Waals surface area (Å²) >= 11 is 0. The van der Waals surface area contributed by atoms with Crippen LogP contribution < -0.4 is 4.74 Å². The fourth-order valence-corrected chi connectivity index (χ4v) is 4.40. The van der Waals surface area contributed by atoms with Crippen molar-refractivity contribution in [1.29, 1.82) is 0 Å². The third-order valence-electron chi connectivity index (χ3n) is 6.24. The highest BCUT2D eigenvalue weighted by molar-refractivity contribution is 5.98. The molecular formula is C28H28N2O5. The molecule has 4 rings (SSSR count). The molecule has 1 aliphatic heterocycles. The molecule has 0 bridgehead atoms. The van der Waals surface area contributed by atoms with E-state index in [9.17, 15) is 19.5 Å². The number of nitrogens with zero attached hydrogens (tertiary/aromatic N) is 2. The van der Waals surface area contributed by atoms with Crippen LogP contribution in [-0.4, -0.2) is 52.4 Å². The Bertz CT molecular complexity index is 1240. The highest BCUT2D eigenvalue weighted by Crippen LogP contribution is 2.27. The van der Waals surface area contributed by atoms with Crippen molar-refractivity contribution in [2.45, 2.75) is 32.5 Å². The Hall–Kier alpha value is -4.13. The molecule has 0 radical (unpaired) electrons.